The number of rotatable bonds is 3. The third-order valence-corrected chi connectivity index (χ3v) is 2.93. The van der Waals surface area contributed by atoms with E-state index in [1.807, 2.05) is 6.92 Å². The molecule has 0 aromatic heterocycles. The largest absolute Gasteiger partial charge is 0.467 e. The summed E-state index contributed by atoms with van der Waals surface area (Å²) in [7, 11) is 1.15. The van der Waals surface area contributed by atoms with E-state index in [0.29, 0.717) is 11.3 Å². The van der Waals surface area contributed by atoms with Crippen molar-refractivity contribution in [1.29, 1.82) is 0 Å². The molecular formula is C12H17NO4. The molecule has 0 amide bonds. The molecular weight excluding hydrogens is 222 g/mol. The van der Waals surface area contributed by atoms with Crippen LogP contribution in [0.25, 0.3) is 0 Å². The van der Waals surface area contributed by atoms with E-state index in [9.17, 15) is 15.0 Å². The van der Waals surface area contributed by atoms with E-state index in [2.05, 4.69) is 4.74 Å². The number of esters is 1. The van der Waals surface area contributed by atoms with E-state index < -0.39 is 18.2 Å². The van der Waals surface area contributed by atoms with Gasteiger partial charge >= 0.3 is 5.97 Å². The van der Waals surface area contributed by atoms with Crippen molar-refractivity contribution < 1.29 is 19.7 Å². The number of nitrogen functional groups attached to an aromatic ring is 1. The SMILES string of the molecule is COC(=O)C(O)C(O)c1ccc(N)c(C)c1C. The van der Waals surface area contributed by atoms with Gasteiger partial charge in [0.05, 0.1) is 7.11 Å². The molecule has 0 aliphatic heterocycles. The molecule has 2 atom stereocenters. The normalized spacial score (nSPS) is 14.2. The monoisotopic (exact) mass is 239 g/mol. The lowest BCUT2D eigenvalue weighted by molar-refractivity contribution is -0.156. The Hall–Kier alpha value is -1.59. The first kappa shape index (κ1) is 13.5. The molecule has 0 heterocycles. The zero-order valence-corrected chi connectivity index (χ0v) is 10.1. The van der Waals surface area contributed by atoms with Crippen molar-refractivity contribution in [3.05, 3.63) is 28.8 Å². The lowest BCUT2D eigenvalue weighted by Crippen LogP contribution is -2.29. The van der Waals surface area contributed by atoms with Crippen molar-refractivity contribution in [2.24, 2.45) is 0 Å². The van der Waals surface area contributed by atoms with Gasteiger partial charge in [0.2, 0.25) is 0 Å². The van der Waals surface area contributed by atoms with E-state index in [1.54, 1.807) is 19.1 Å². The minimum absolute atomic E-state index is 0.467. The van der Waals surface area contributed by atoms with Gasteiger partial charge in [-0.25, -0.2) is 4.79 Å². The Morgan fingerprint density at radius 2 is 1.88 bits per heavy atom. The van der Waals surface area contributed by atoms with Gasteiger partial charge in [0, 0.05) is 5.69 Å². The van der Waals surface area contributed by atoms with E-state index in [4.69, 9.17) is 5.73 Å². The first-order valence-electron chi connectivity index (χ1n) is 5.19. The molecule has 94 valence electrons. The lowest BCUT2D eigenvalue weighted by atomic mass is 9.95. The van der Waals surface area contributed by atoms with Gasteiger partial charge in [-0.2, -0.15) is 0 Å². The molecule has 1 aromatic carbocycles. The highest BCUT2D eigenvalue weighted by atomic mass is 16.5. The first-order chi connectivity index (χ1) is 7.90. The van der Waals surface area contributed by atoms with Crippen LogP contribution in [0, 0.1) is 13.8 Å². The summed E-state index contributed by atoms with van der Waals surface area (Å²) in [5, 5.41) is 19.5. The highest BCUT2D eigenvalue weighted by molar-refractivity contribution is 5.75. The van der Waals surface area contributed by atoms with Crippen molar-refractivity contribution in [1.82, 2.24) is 0 Å². The number of nitrogens with two attached hydrogens (primary N) is 1. The molecule has 0 bridgehead atoms. The van der Waals surface area contributed by atoms with Crippen molar-refractivity contribution in [2.45, 2.75) is 26.1 Å². The van der Waals surface area contributed by atoms with Gasteiger partial charge in [0.1, 0.15) is 6.10 Å². The third-order valence-electron chi connectivity index (χ3n) is 2.93. The molecule has 5 nitrogen and oxygen atoms in total. The number of carbonyl (C=O) groups is 1. The van der Waals surface area contributed by atoms with Crippen LogP contribution in [0.3, 0.4) is 0 Å². The second-order valence-electron chi connectivity index (χ2n) is 3.91. The fraction of sp³-hybridized carbons (Fsp3) is 0.417. The minimum Gasteiger partial charge on any atom is -0.467 e. The van der Waals surface area contributed by atoms with Crippen LogP contribution in [-0.4, -0.2) is 29.4 Å². The molecule has 2 unspecified atom stereocenters. The summed E-state index contributed by atoms with van der Waals surface area (Å²) in [6.07, 6.45) is -2.91. The van der Waals surface area contributed by atoms with Crippen LogP contribution in [0.2, 0.25) is 0 Å². The number of hydrogen-bond acceptors (Lipinski definition) is 5. The van der Waals surface area contributed by atoms with Crippen LogP contribution in [0.1, 0.15) is 22.8 Å². The average molecular weight is 239 g/mol. The lowest BCUT2D eigenvalue weighted by Gasteiger charge is -2.19. The predicted molar refractivity (Wildman–Crippen MR) is 63.3 cm³/mol. The summed E-state index contributed by atoms with van der Waals surface area (Å²) in [5.74, 6) is -0.869. The van der Waals surface area contributed by atoms with Crippen LogP contribution < -0.4 is 5.73 Å². The van der Waals surface area contributed by atoms with Crippen molar-refractivity contribution in [2.75, 3.05) is 12.8 Å². The first-order valence-corrected chi connectivity index (χ1v) is 5.19. The molecule has 0 radical (unpaired) electrons. The summed E-state index contributed by atoms with van der Waals surface area (Å²) in [6.45, 7) is 3.58. The molecule has 0 fully saturated rings. The van der Waals surface area contributed by atoms with Crippen LogP contribution in [0.5, 0.6) is 0 Å². The molecule has 1 rings (SSSR count). The Morgan fingerprint density at radius 1 is 1.29 bits per heavy atom. The molecule has 0 aliphatic carbocycles. The minimum atomic E-state index is -1.60. The quantitative estimate of drug-likeness (QED) is 0.526. The fourth-order valence-corrected chi connectivity index (χ4v) is 1.60. The second-order valence-corrected chi connectivity index (χ2v) is 3.91. The number of anilines is 1. The highest BCUT2D eigenvalue weighted by Gasteiger charge is 2.27. The van der Waals surface area contributed by atoms with E-state index in [0.717, 1.165) is 18.2 Å². The Balaban J connectivity index is 3.09. The van der Waals surface area contributed by atoms with Crippen molar-refractivity contribution >= 4 is 11.7 Å². The van der Waals surface area contributed by atoms with E-state index >= 15 is 0 Å². The Bertz CT molecular complexity index is 431. The standard InChI is InChI=1S/C12H17NO4/c1-6-7(2)9(13)5-4-8(6)10(14)11(15)12(16)17-3/h4-5,10-11,14-15H,13H2,1-3H3. The van der Waals surface area contributed by atoms with Gasteiger partial charge in [0.15, 0.2) is 6.10 Å². The van der Waals surface area contributed by atoms with Gasteiger partial charge in [-0.1, -0.05) is 6.07 Å². The summed E-state index contributed by atoms with van der Waals surface area (Å²) < 4.78 is 4.37. The maximum absolute atomic E-state index is 11.1. The zero-order valence-electron chi connectivity index (χ0n) is 10.1. The molecule has 0 saturated heterocycles. The van der Waals surface area contributed by atoms with Gasteiger partial charge in [0.25, 0.3) is 0 Å². The topological polar surface area (TPSA) is 92.8 Å². The molecule has 4 N–H and O–H groups in total. The molecule has 1 aromatic rings. The van der Waals surface area contributed by atoms with Gasteiger partial charge < -0.3 is 20.7 Å². The number of aliphatic hydroxyl groups is 2. The molecule has 0 spiro atoms. The Labute approximate surface area is 99.8 Å². The summed E-state index contributed by atoms with van der Waals surface area (Å²) in [4.78, 5) is 11.1. The van der Waals surface area contributed by atoms with E-state index in [-0.39, 0.29) is 0 Å². The van der Waals surface area contributed by atoms with Crippen LogP contribution in [0.4, 0.5) is 5.69 Å². The number of carbonyl (C=O) groups excluding carboxylic acids is 1. The van der Waals surface area contributed by atoms with Gasteiger partial charge in [-0.3, -0.25) is 0 Å². The third kappa shape index (κ3) is 2.57. The Morgan fingerprint density at radius 3 is 2.41 bits per heavy atom. The molecule has 17 heavy (non-hydrogen) atoms. The number of benzene rings is 1. The summed E-state index contributed by atoms with van der Waals surface area (Å²) >= 11 is 0. The maximum Gasteiger partial charge on any atom is 0.337 e. The van der Waals surface area contributed by atoms with Gasteiger partial charge in [-0.15, -0.1) is 0 Å². The number of aliphatic hydroxyl groups excluding tert-OH is 2. The Kier molecular flexibility index (Phi) is 4.09. The van der Waals surface area contributed by atoms with Crippen LogP contribution >= 0.6 is 0 Å². The van der Waals surface area contributed by atoms with Crippen LogP contribution in [-0.2, 0) is 9.53 Å². The molecule has 0 saturated carbocycles. The second kappa shape index (κ2) is 5.16. The number of ether oxygens (including phenoxy) is 1. The zero-order chi connectivity index (χ0) is 13.2. The summed E-state index contributed by atoms with van der Waals surface area (Å²) in [6, 6.07) is 3.22. The predicted octanol–water partition coefficient (Wildman–Crippen LogP) is 0.453. The number of hydrogen-bond donors (Lipinski definition) is 3. The fourth-order valence-electron chi connectivity index (χ4n) is 1.60. The van der Waals surface area contributed by atoms with Gasteiger partial charge in [-0.05, 0) is 36.6 Å². The average Bonchev–Trinajstić information content (AvgIpc) is 2.33. The van der Waals surface area contributed by atoms with Crippen molar-refractivity contribution in [3.63, 3.8) is 0 Å². The summed E-state index contributed by atoms with van der Waals surface area (Å²) in [5.41, 5.74) is 8.35. The van der Waals surface area contributed by atoms with Crippen LogP contribution in [0.15, 0.2) is 12.1 Å². The van der Waals surface area contributed by atoms with E-state index in [1.165, 1.54) is 0 Å². The van der Waals surface area contributed by atoms with Crippen molar-refractivity contribution in [3.8, 4) is 0 Å². The molecule has 5 heteroatoms. The highest BCUT2D eigenvalue weighted by Crippen LogP contribution is 2.26. The maximum atomic E-state index is 11.1. The smallest absolute Gasteiger partial charge is 0.337 e. The number of methoxy groups -OCH3 is 1. The molecule has 0 aliphatic rings.